The topological polar surface area (TPSA) is 50.9 Å². The van der Waals surface area contributed by atoms with Gasteiger partial charge in [-0.1, -0.05) is 35.4 Å². The van der Waals surface area contributed by atoms with Crippen LogP contribution in [0.5, 0.6) is 0 Å². The highest BCUT2D eigenvalue weighted by Crippen LogP contribution is 2.23. The first kappa shape index (κ1) is 12.7. The van der Waals surface area contributed by atoms with Gasteiger partial charge in [0.2, 0.25) is 0 Å². The van der Waals surface area contributed by atoms with Crippen LogP contribution in [0, 0.1) is 20.8 Å². The summed E-state index contributed by atoms with van der Waals surface area (Å²) < 4.78 is 0. The molecular weight excluding hydrogens is 222 g/mol. The smallest absolute Gasteiger partial charge is 0.0725 e. The van der Waals surface area contributed by atoms with E-state index in [-0.39, 0.29) is 6.04 Å². The monoisotopic (exact) mass is 241 g/mol. The summed E-state index contributed by atoms with van der Waals surface area (Å²) in [6.07, 6.45) is 3.70. The van der Waals surface area contributed by atoms with Crippen molar-refractivity contribution in [3.63, 3.8) is 0 Å². The molecule has 0 fully saturated rings. The molecule has 1 aromatic heterocycles. The Morgan fingerprint density at radius 2 is 1.50 bits per heavy atom. The molecule has 1 unspecified atom stereocenters. The normalized spacial score (nSPS) is 12.4. The van der Waals surface area contributed by atoms with Crippen molar-refractivity contribution < 1.29 is 0 Å². The summed E-state index contributed by atoms with van der Waals surface area (Å²) in [4.78, 5) is 4.23. The largest absolute Gasteiger partial charge is 0.271 e. The highest BCUT2D eigenvalue weighted by atomic mass is 15.2. The molecule has 94 valence electrons. The van der Waals surface area contributed by atoms with Crippen molar-refractivity contribution in [3.05, 3.63) is 64.5 Å². The van der Waals surface area contributed by atoms with Crippen molar-refractivity contribution in [1.29, 1.82) is 0 Å². The molecule has 0 radical (unpaired) electrons. The molecule has 0 bridgehead atoms. The van der Waals surface area contributed by atoms with Gasteiger partial charge in [-0.3, -0.25) is 10.8 Å². The zero-order chi connectivity index (χ0) is 13.1. The third-order valence-corrected chi connectivity index (χ3v) is 2.97. The van der Waals surface area contributed by atoms with Crippen LogP contribution >= 0.6 is 0 Å². The first-order chi connectivity index (χ1) is 8.60. The molecule has 1 aromatic carbocycles. The second kappa shape index (κ2) is 5.29. The molecule has 0 spiro atoms. The number of hydrogen-bond donors (Lipinski definition) is 2. The van der Waals surface area contributed by atoms with Gasteiger partial charge >= 0.3 is 0 Å². The van der Waals surface area contributed by atoms with Gasteiger partial charge < -0.3 is 0 Å². The van der Waals surface area contributed by atoms with Crippen LogP contribution in [-0.2, 0) is 0 Å². The average molecular weight is 241 g/mol. The van der Waals surface area contributed by atoms with E-state index in [1.807, 2.05) is 19.3 Å². The molecule has 18 heavy (non-hydrogen) atoms. The van der Waals surface area contributed by atoms with Crippen LogP contribution in [0.3, 0.4) is 0 Å². The number of nitrogens with one attached hydrogen (secondary N) is 1. The minimum Gasteiger partial charge on any atom is -0.271 e. The second-order valence-electron chi connectivity index (χ2n) is 4.82. The highest BCUT2D eigenvalue weighted by molar-refractivity contribution is 5.36. The molecule has 0 saturated heterocycles. The van der Waals surface area contributed by atoms with Crippen LogP contribution < -0.4 is 11.3 Å². The number of aromatic nitrogens is 1. The number of rotatable bonds is 3. The van der Waals surface area contributed by atoms with Crippen molar-refractivity contribution in [2.75, 3.05) is 0 Å². The van der Waals surface area contributed by atoms with Gasteiger partial charge in [0.15, 0.2) is 0 Å². The molecule has 0 amide bonds. The van der Waals surface area contributed by atoms with Gasteiger partial charge in [0, 0.05) is 12.4 Å². The van der Waals surface area contributed by atoms with Crippen molar-refractivity contribution >= 4 is 0 Å². The number of nitrogens with zero attached hydrogens (tertiary/aromatic N) is 1. The van der Waals surface area contributed by atoms with E-state index in [1.165, 1.54) is 16.7 Å². The van der Waals surface area contributed by atoms with E-state index >= 15 is 0 Å². The summed E-state index contributed by atoms with van der Waals surface area (Å²) in [6, 6.07) is 8.55. The first-order valence-electron chi connectivity index (χ1n) is 6.06. The lowest BCUT2D eigenvalue weighted by molar-refractivity contribution is 0.633. The van der Waals surface area contributed by atoms with Gasteiger partial charge in [-0.25, -0.2) is 5.43 Å². The number of nitrogens with two attached hydrogens (primary N) is 1. The van der Waals surface area contributed by atoms with Crippen molar-refractivity contribution in [2.24, 2.45) is 5.84 Å². The van der Waals surface area contributed by atoms with E-state index in [1.54, 1.807) is 0 Å². The molecule has 3 nitrogen and oxygen atoms in total. The van der Waals surface area contributed by atoms with Gasteiger partial charge in [0.1, 0.15) is 0 Å². The van der Waals surface area contributed by atoms with Crippen LogP contribution in [-0.4, -0.2) is 4.98 Å². The summed E-state index contributed by atoms with van der Waals surface area (Å²) in [7, 11) is 0. The van der Waals surface area contributed by atoms with Crippen LogP contribution in [0.1, 0.15) is 33.9 Å². The van der Waals surface area contributed by atoms with Gasteiger partial charge in [-0.05, 0) is 37.5 Å². The van der Waals surface area contributed by atoms with E-state index in [9.17, 15) is 0 Å². The highest BCUT2D eigenvalue weighted by Gasteiger charge is 2.13. The molecule has 0 saturated carbocycles. The first-order valence-corrected chi connectivity index (χ1v) is 6.06. The fraction of sp³-hybridized carbons (Fsp3) is 0.267. The Balaban J connectivity index is 2.45. The zero-order valence-electron chi connectivity index (χ0n) is 11.1. The predicted octanol–water partition coefficient (Wildman–Crippen LogP) is 2.56. The van der Waals surface area contributed by atoms with Gasteiger partial charge in [-0.2, -0.15) is 0 Å². The molecule has 2 aromatic rings. The Morgan fingerprint density at radius 1 is 0.889 bits per heavy atom. The summed E-state index contributed by atoms with van der Waals surface area (Å²) >= 11 is 0. The van der Waals surface area contributed by atoms with Crippen molar-refractivity contribution in [2.45, 2.75) is 26.8 Å². The fourth-order valence-corrected chi connectivity index (χ4v) is 2.30. The molecule has 2 rings (SSSR count). The Morgan fingerprint density at radius 3 is 2.06 bits per heavy atom. The quantitative estimate of drug-likeness (QED) is 0.641. The standard InChI is InChI=1S/C15H19N3/c1-10-4-11(2)6-13(5-10)15(18-16)14-7-12(3)8-17-9-14/h4-9,15,18H,16H2,1-3H3. The Labute approximate surface area is 108 Å². The zero-order valence-corrected chi connectivity index (χ0v) is 11.1. The summed E-state index contributed by atoms with van der Waals surface area (Å²) in [5.74, 6) is 5.71. The maximum absolute atomic E-state index is 5.71. The SMILES string of the molecule is Cc1cncc(C(NN)c2cc(C)cc(C)c2)c1. The molecule has 3 heteroatoms. The summed E-state index contributed by atoms with van der Waals surface area (Å²) in [6.45, 7) is 6.22. The van der Waals surface area contributed by atoms with E-state index in [2.05, 4.69) is 48.5 Å². The number of benzene rings is 1. The van der Waals surface area contributed by atoms with Gasteiger partial charge in [0.25, 0.3) is 0 Å². The summed E-state index contributed by atoms with van der Waals surface area (Å²) in [5.41, 5.74) is 8.75. The van der Waals surface area contributed by atoms with Gasteiger partial charge in [-0.15, -0.1) is 0 Å². The molecule has 1 heterocycles. The Bertz CT molecular complexity index is 529. The minimum absolute atomic E-state index is 0.0176. The van der Waals surface area contributed by atoms with E-state index in [0.29, 0.717) is 0 Å². The van der Waals surface area contributed by atoms with E-state index in [0.717, 1.165) is 11.1 Å². The summed E-state index contributed by atoms with van der Waals surface area (Å²) in [5, 5.41) is 0. The Hall–Kier alpha value is -1.71. The average Bonchev–Trinajstić information content (AvgIpc) is 2.28. The Kier molecular flexibility index (Phi) is 3.75. The lowest BCUT2D eigenvalue weighted by Crippen LogP contribution is -2.29. The lowest BCUT2D eigenvalue weighted by atomic mass is 9.96. The molecule has 1 atom stereocenters. The molecule has 0 aliphatic carbocycles. The maximum atomic E-state index is 5.71. The van der Waals surface area contributed by atoms with Crippen molar-refractivity contribution in [1.82, 2.24) is 10.4 Å². The minimum atomic E-state index is -0.0176. The third kappa shape index (κ3) is 2.75. The number of aryl methyl sites for hydroxylation is 3. The van der Waals surface area contributed by atoms with Crippen LogP contribution in [0.4, 0.5) is 0 Å². The van der Waals surface area contributed by atoms with Crippen LogP contribution in [0.15, 0.2) is 36.7 Å². The molecular formula is C15H19N3. The molecule has 3 N–H and O–H groups in total. The maximum Gasteiger partial charge on any atom is 0.0725 e. The van der Waals surface area contributed by atoms with Crippen LogP contribution in [0.25, 0.3) is 0 Å². The third-order valence-electron chi connectivity index (χ3n) is 2.97. The predicted molar refractivity (Wildman–Crippen MR) is 74.1 cm³/mol. The number of hydrogen-bond acceptors (Lipinski definition) is 3. The second-order valence-corrected chi connectivity index (χ2v) is 4.82. The van der Waals surface area contributed by atoms with E-state index in [4.69, 9.17) is 5.84 Å². The van der Waals surface area contributed by atoms with Crippen molar-refractivity contribution in [3.8, 4) is 0 Å². The fourth-order valence-electron chi connectivity index (χ4n) is 2.30. The van der Waals surface area contributed by atoms with Crippen LogP contribution in [0.2, 0.25) is 0 Å². The van der Waals surface area contributed by atoms with E-state index < -0.39 is 0 Å². The number of hydrazine groups is 1. The lowest BCUT2D eigenvalue weighted by Gasteiger charge is -2.18. The molecule has 0 aliphatic rings. The molecule has 0 aliphatic heterocycles. The number of pyridine rings is 1. The van der Waals surface area contributed by atoms with Gasteiger partial charge in [0.05, 0.1) is 6.04 Å².